The average molecular weight is 508 g/mol. The summed E-state index contributed by atoms with van der Waals surface area (Å²) in [6.45, 7) is 5.73. The predicted molar refractivity (Wildman–Crippen MR) is 139 cm³/mol. The molecule has 4 nitrogen and oxygen atoms in total. The fraction of sp³-hybridized carbons (Fsp3) is 0.276. The third-order valence-electron chi connectivity index (χ3n) is 6.67. The summed E-state index contributed by atoms with van der Waals surface area (Å²) < 4.78 is 33.5. The molecule has 0 aliphatic carbocycles. The van der Waals surface area contributed by atoms with Gasteiger partial charge in [-0.25, -0.2) is 4.39 Å². The first-order chi connectivity index (χ1) is 17.3. The van der Waals surface area contributed by atoms with Gasteiger partial charge in [-0.05, 0) is 79.4 Å². The topological polar surface area (TPSA) is 49.8 Å². The Kier molecular flexibility index (Phi) is 6.77. The van der Waals surface area contributed by atoms with Crippen LogP contribution in [0, 0.1) is 25.6 Å². The molecule has 0 atom stereocenters. The summed E-state index contributed by atoms with van der Waals surface area (Å²) in [6.07, 6.45) is 0.868. The first-order valence-electron chi connectivity index (χ1n) is 11.9. The zero-order valence-corrected chi connectivity index (χ0v) is 21.0. The summed E-state index contributed by atoms with van der Waals surface area (Å²) in [7, 11) is 0. The van der Waals surface area contributed by atoms with Gasteiger partial charge in [-0.3, -0.25) is 9.18 Å². The minimum absolute atomic E-state index is 0.104. The highest BCUT2D eigenvalue weighted by Crippen LogP contribution is 2.43. The Morgan fingerprint density at radius 3 is 2.44 bits per heavy atom. The molecule has 36 heavy (non-hydrogen) atoms. The maximum Gasteiger partial charge on any atom is 0.207 e. The summed E-state index contributed by atoms with van der Waals surface area (Å²) in [5.41, 5.74) is 2.73. The van der Waals surface area contributed by atoms with Crippen LogP contribution in [0.4, 0.5) is 8.78 Å². The van der Waals surface area contributed by atoms with Crippen molar-refractivity contribution in [3.05, 3.63) is 87.5 Å². The number of hydrogen-bond acceptors (Lipinski definition) is 5. The Balaban J connectivity index is 1.42. The molecule has 1 saturated heterocycles. The number of likely N-dealkylation sites (tertiary alicyclic amines) is 1. The van der Waals surface area contributed by atoms with Crippen LogP contribution in [0.3, 0.4) is 0 Å². The number of rotatable bonds is 8. The number of ketones is 1. The smallest absolute Gasteiger partial charge is 0.207 e. The number of carbonyl (C=O) groups is 1. The van der Waals surface area contributed by atoms with E-state index in [1.807, 2.05) is 24.3 Å². The van der Waals surface area contributed by atoms with E-state index in [0.29, 0.717) is 33.1 Å². The third-order valence-corrected chi connectivity index (χ3v) is 7.80. The zero-order chi connectivity index (χ0) is 25.4. The lowest BCUT2D eigenvalue weighted by Gasteiger charge is -2.37. The molecule has 1 aliphatic rings. The first-order valence-corrected chi connectivity index (χ1v) is 12.8. The fourth-order valence-corrected chi connectivity index (χ4v) is 5.89. The van der Waals surface area contributed by atoms with Gasteiger partial charge in [-0.1, -0.05) is 12.1 Å². The van der Waals surface area contributed by atoms with Crippen molar-refractivity contribution in [2.45, 2.75) is 20.3 Å². The number of hydrogen-bond donors (Lipinski definition) is 1. The number of fused-ring (bicyclic) bond motifs is 1. The molecule has 1 aromatic heterocycles. The summed E-state index contributed by atoms with van der Waals surface area (Å²) in [4.78, 5) is 16.3. The maximum absolute atomic E-state index is 13.9. The highest BCUT2D eigenvalue weighted by Gasteiger charge is 2.26. The van der Waals surface area contributed by atoms with E-state index in [1.54, 1.807) is 32.0 Å². The molecule has 7 heteroatoms. The van der Waals surface area contributed by atoms with Crippen molar-refractivity contribution >= 4 is 27.2 Å². The lowest BCUT2D eigenvalue weighted by molar-refractivity contribution is 0.0824. The van der Waals surface area contributed by atoms with E-state index in [4.69, 9.17) is 4.74 Å². The van der Waals surface area contributed by atoms with Gasteiger partial charge in [0.05, 0.1) is 6.67 Å². The highest BCUT2D eigenvalue weighted by atomic mass is 32.1. The van der Waals surface area contributed by atoms with Crippen molar-refractivity contribution in [2.75, 3.05) is 26.3 Å². The van der Waals surface area contributed by atoms with Crippen LogP contribution in [0.5, 0.6) is 17.2 Å². The molecule has 0 unspecified atom stereocenters. The minimum Gasteiger partial charge on any atom is -0.508 e. The molecule has 0 saturated carbocycles. The van der Waals surface area contributed by atoms with Gasteiger partial charge in [-0.2, -0.15) is 0 Å². The van der Waals surface area contributed by atoms with Crippen molar-refractivity contribution in [3.8, 4) is 17.2 Å². The van der Waals surface area contributed by atoms with Crippen LogP contribution >= 0.6 is 11.3 Å². The molecule has 0 bridgehead atoms. The summed E-state index contributed by atoms with van der Waals surface area (Å²) in [6, 6.07) is 15.4. The monoisotopic (exact) mass is 507 g/mol. The molecule has 1 fully saturated rings. The van der Waals surface area contributed by atoms with Crippen molar-refractivity contribution < 1.29 is 23.4 Å². The number of aryl methyl sites for hydroxylation is 2. The molecule has 2 heterocycles. The number of halogens is 2. The van der Waals surface area contributed by atoms with Crippen LogP contribution < -0.4 is 4.74 Å². The molecule has 0 amide bonds. The number of thiophene rings is 1. The Labute approximate surface area is 212 Å². The largest absolute Gasteiger partial charge is 0.508 e. The SMILES string of the molecule is Cc1cc(F)cc(C)c1C(=O)c1sc2cc(O)ccc2c1Oc1ccc(CCN2CC(CF)C2)cc1. The van der Waals surface area contributed by atoms with E-state index in [-0.39, 0.29) is 29.9 Å². The van der Waals surface area contributed by atoms with Gasteiger partial charge in [0.2, 0.25) is 5.78 Å². The van der Waals surface area contributed by atoms with Gasteiger partial charge in [-0.15, -0.1) is 11.3 Å². The highest BCUT2D eigenvalue weighted by molar-refractivity contribution is 7.21. The molecule has 4 aromatic rings. The van der Waals surface area contributed by atoms with Crippen LogP contribution in [0.2, 0.25) is 0 Å². The molecule has 0 radical (unpaired) electrons. The van der Waals surface area contributed by atoms with Gasteiger partial charge in [0.15, 0.2) is 5.75 Å². The first kappa shape index (κ1) is 24.4. The average Bonchev–Trinajstić information content (AvgIpc) is 3.15. The number of phenolic OH excluding ortho intramolecular Hbond substituents is 1. The number of alkyl halides is 1. The lowest BCUT2D eigenvalue weighted by Crippen LogP contribution is -2.48. The van der Waals surface area contributed by atoms with Crippen molar-refractivity contribution in [1.29, 1.82) is 0 Å². The number of phenols is 1. The lowest BCUT2D eigenvalue weighted by atomic mass is 9.97. The van der Waals surface area contributed by atoms with Crippen LogP contribution in [0.25, 0.3) is 10.1 Å². The molecule has 1 aliphatic heterocycles. The van der Waals surface area contributed by atoms with E-state index >= 15 is 0 Å². The third kappa shape index (κ3) is 4.86. The van der Waals surface area contributed by atoms with Crippen molar-refractivity contribution in [2.24, 2.45) is 5.92 Å². The normalized spacial score (nSPS) is 14.2. The number of nitrogens with zero attached hydrogens (tertiary/aromatic N) is 1. The van der Waals surface area contributed by atoms with E-state index in [0.717, 1.165) is 41.7 Å². The van der Waals surface area contributed by atoms with Crippen LogP contribution in [-0.2, 0) is 6.42 Å². The van der Waals surface area contributed by atoms with E-state index in [1.165, 1.54) is 23.5 Å². The standard InChI is InChI=1S/C29H27F2NO3S/c1-17-11-21(31)12-18(2)26(17)27(34)29-28(24-8-5-22(33)13-25(24)36-29)35-23-6-3-19(4-7-23)9-10-32-15-20(14-30)16-32/h3-8,11-13,20,33H,9-10,14-16H2,1-2H3. The van der Waals surface area contributed by atoms with Crippen molar-refractivity contribution in [1.82, 2.24) is 4.90 Å². The minimum atomic E-state index is -0.379. The Hall–Kier alpha value is -3.29. The number of aromatic hydroxyl groups is 1. The predicted octanol–water partition coefficient (Wildman–Crippen LogP) is 6.83. The second kappa shape index (κ2) is 9.99. The second-order valence-corrected chi connectivity index (χ2v) is 10.5. The van der Waals surface area contributed by atoms with Crippen LogP contribution in [0.1, 0.15) is 31.9 Å². The second-order valence-electron chi connectivity index (χ2n) is 9.46. The molecular formula is C29H27F2NO3S. The van der Waals surface area contributed by atoms with Gasteiger partial charge in [0.1, 0.15) is 22.2 Å². The van der Waals surface area contributed by atoms with E-state index in [9.17, 15) is 18.7 Å². The maximum atomic E-state index is 13.9. The fourth-order valence-electron chi connectivity index (χ4n) is 4.78. The van der Waals surface area contributed by atoms with Gasteiger partial charge < -0.3 is 14.7 Å². The molecule has 0 spiro atoms. The van der Waals surface area contributed by atoms with Gasteiger partial charge >= 0.3 is 0 Å². The zero-order valence-electron chi connectivity index (χ0n) is 20.2. The van der Waals surface area contributed by atoms with E-state index in [2.05, 4.69) is 4.90 Å². The Morgan fingerprint density at radius 2 is 1.78 bits per heavy atom. The molecule has 1 N–H and O–H groups in total. The number of carbonyl (C=O) groups excluding carboxylic acids is 1. The molecule has 3 aromatic carbocycles. The Bertz CT molecular complexity index is 1400. The van der Waals surface area contributed by atoms with Crippen LogP contribution in [0.15, 0.2) is 54.6 Å². The van der Waals surface area contributed by atoms with Crippen molar-refractivity contribution in [3.63, 3.8) is 0 Å². The number of ether oxygens (including phenoxy) is 1. The van der Waals surface area contributed by atoms with E-state index < -0.39 is 0 Å². The molecule has 5 rings (SSSR count). The summed E-state index contributed by atoms with van der Waals surface area (Å²) in [5.74, 6) is 0.688. The Morgan fingerprint density at radius 1 is 1.08 bits per heavy atom. The molecular weight excluding hydrogens is 480 g/mol. The van der Waals surface area contributed by atoms with Gasteiger partial charge in [0.25, 0.3) is 0 Å². The van der Waals surface area contributed by atoms with Crippen LogP contribution in [-0.4, -0.2) is 42.1 Å². The number of benzene rings is 3. The summed E-state index contributed by atoms with van der Waals surface area (Å²) >= 11 is 1.25. The van der Waals surface area contributed by atoms with Gasteiger partial charge in [0, 0.05) is 41.2 Å². The quantitative estimate of drug-likeness (QED) is 0.266. The summed E-state index contributed by atoms with van der Waals surface area (Å²) in [5, 5.41) is 10.7. The molecule has 186 valence electrons.